The monoisotopic (exact) mass is 704 g/mol. The van der Waals surface area contributed by atoms with Gasteiger partial charge in [-0.25, -0.2) is 0 Å². The summed E-state index contributed by atoms with van der Waals surface area (Å²) in [6, 6.07) is 69.7. The van der Waals surface area contributed by atoms with Crippen LogP contribution in [-0.2, 0) is 17.3 Å². The zero-order valence-corrected chi connectivity index (χ0v) is 31.8. The molecule has 8 aromatic rings. The first-order chi connectivity index (χ1) is 27.2. The van der Waals surface area contributed by atoms with Crippen molar-refractivity contribution >= 4 is 0 Å². The molecule has 0 radical (unpaired) electrons. The van der Waals surface area contributed by atoms with Crippen LogP contribution in [0.15, 0.2) is 188 Å². The molecule has 55 heavy (non-hydrogen) atoms. The summed E-state index contributed by atoms with van der Waals surface area (Å²) in [6.07, 6.45) is 2.31. The predicted octanol–water partition coefficient (Wildman–Crippen LogP) is 14.0. The summed E-state index contributed by atoms with van der Waals surface area (Å²) in [4.78, 5) is 0. The Morgan fingerprint density at radius 2 is 0.491 bits per heavy atom. The minimum atomic E-state index is -0.190. The van der Waals surface area contributed by atoms with Crippen LogP contribution in [0.5, 0.6) is 0 Å². The van der Waals surface area contributed by atoms with E-state index in [0.717, 1.165) is 6.42 Å². The molecule has 0 unspecified atom stereocenters. The zero-order valence-electron chi connectivity index (χ0n) is 31.8. The van der Waals surface area contributed by atoms with Crippen molar-refractivity contribution in [2.45, 2.75) is 44.4 Å². The maximum absolute atomic E-state index is 2.45. The molecule has 0 heterocycles. The summed E-state index contributed by atoms with van der Waals surface area (Å²) in [6.45, 7) is 6.49. The maximum atomic E-state index is 2.45. The standard InChI is InChI=1S/C27H20.C25H16.C3H8/c1-2-18-15-16-22-21-11-5-8-14-25(21)27(26(22)17-18)23-12-6-3-9-19(23)20-10-4-7-13-24(20)27;1-5-13-21-17(9-1)18-10-2-6-14-22(18)25(21)23-15-7-3-11-19(23)20-12-4-8-16-24(20)25;1-3-2/h3-17H,2H2,1H3;1-16H;3H2,1-2H3. The highest BCUT2D eigenvalue weighted by Crippen LogP contribution is 2.64. The van der Waals surface area contributed by atoms with Crippen LogP contribution >= 0.6 is 0 Å². The van der Waals surface area contributed by atoms with Crippen molar-refractivity contribution in [2.24, 2.45) is 0 Å². The number of fused-ring (bicyclic) bond motifs is 20. The first-order valence-corrected chi connectivity index (χ1v) is 20.0. The number of hydrogen-bond acceptors (Lipinski definition) is 0. The van der Waals surface area contributed by atoms with Gasteiger partial charge in [-0.15, -0.1) is 0 Å². The van der Waals surface area contributed by atoms with Crippen molar-refractivity contribution in [3.8, 4) is 44.5 Å². The minimum Gasteiger partial charge on any atom is -0.0656 e. The Labute approximate surface area is 325 Å². The van der Waals surface area contributed by atoms with E-state index in [4.69, 9.17) is 0 Å². The van der Waals surface area contributed by atoms with E-state index in [-0.39, 0.29) is 10.8 Å². The largest absolute Gasteiger partial charge is 0.0725 e. The summed E-state index contributed by atoms with van der Waals surface area (Å²) in [5.74, 6) is 0. The normalized spacial score (nSPS) is 14.2. The van der Waals surface area contributed by atoms with Crippen molar-refractivity contribution in [2.75, 3.05) is 0 Å². The molecule has 264 valence electrons. The van der Waals surface area contributed by atoms with Crippen LogP contribution in [0.4, 0.5) is 0 Å². The van der Waals surface area contributed by atoms with E-state index in [1.807, 2.05) is 0 Å². The molecule has 0 fully saturated rings. The minimum absolute atomic E-state index is 0.180. The summed E-state index contributed by atoms with van der Waals surface area (Å²) in [5.41, 5.74) is 23.4. The lowest BCUT2D eigenvalue weighted by atomic mass is 9.70. The third-order valence-electron chi connectivity index (χ3n) is 12.4. The lowest BCUT2D eigenvalue weighted by molar-refractivity contribution is 0.791. The van der Waals surface area contributed by atoms with E-state index in [1.54, 1.807) is 0 Å². The number of aryl methyl sites for hydroxylation is 1. The first-order valence-electron chi connectivity index (χ1n) is 20.0. The smallest absolute Gasteiger partial charge is 0.0656 e. The van der Waals surface area contributed by atoms with Crippen molar-refractivity contribution in [1.29, 1.82) is 0 Å². The van der Waals surface area contributed by atoms with Crippen LogP contribution in [0.3, 0.4) is 0 Å². The molecule has 12 rings (SSSR count). The average molecular weight is 705 g/mol. The Bertz CT molecular complexity index is 2510. The van der Waals surface area contributed by atoms with Gasteiger partial charge in [0.05, 0.1) is 10.8 Å². The van der Waals surface area contributed by atoms with Crippen LogP contribution in [0, 0.1) is 0 Å². The van der Waals surface area contributed by atoms with Crippen LogP contribution < -0.4 is 0 Å². The van der Waals surface area contributed by atoms with Crippen molar-refractivity contribution in [1.82, 2.24) is 0 Å². The molecule has 0 aliphatic heterocycles. The van der Waals surface area contributed by atoms with Gasteiger partial charge in [0.1, 0.15) is 0 Å². The fraction of sp³-hybridized carbons (Fsp3) is 0.127. The third-order valence-corrected chi connectivity index (χ3v) is 12.4. The summed E-state index contributed by atoms with van der Waals surface area (Å²) < 4.78 is 0. The fourth-order valence-electron chi connectivity index (χ4n) is 10.4. The Morgan fingerprint density at radius 1 is 0.273 bits per heavy atom. The molecule has 0 heteroatoms. The summed E-state index contributed by atoms with van der Waals surface area (Å²) >= 11 is 0. The van der Waals surface area contributed by atoms with Gasteiger partial charge in [0, 0.05) is 0 Å². The maximum Gasteiger partial charge on any atom is 0.0725 e. The molecule has 8 aromatic carbocycles. The highest BCUT2D eigenvalue weighted by Gasteiger charge is 2.52. The van der Waals surface area contributed by atoms with Crippen LogP contribution in [0.2, 0.25) is 0 Å². The second-order valence-corrected chi connectivity index (χ2v) is 15.3. The highest BCUT2D eigenvalue weighted by atomic mass is 14.5. The molecule has 0 bridgehead atoms. The number of rotatable bonds is 1. The zero-order chi connectivity index (χ0) is 37.1. The van der Waals surface area contributed by atoms with E-state index in [0.29, 0.717) is 0 Å². The van der Waals surface area contributed by atoms with Gasteiger partial charge in [0.25, 0.3) is 0 Å². The molecule has 0 saturated heterocycles. The van der Waals surface area contributed by atoms with E-state index < -0.39 is 0 Å². The van der Waals surface area contributed by atoms with E-state index in [1.165, 1.54) is 101 Å². The first kappa shape index (κ1) is 33.3. The average Bonchev–Trinajstić information content (AvgIpc) is 3.93. The van der Waals surface area contributed by atoms with Crippen LogP contribution in [0.25, 0.3) is 44.5 Å². The van der Waals surface area contributed by atoms with Crippen LogP contribution in [-0.4, -0.2) is 0 Å². The molecule has 4 aliphatic rings. The topological polar surface area (TPSA) is 0 Å². The molecular formula is C55H44. The Balaban J connectivity index is 0.000000127. The Kier molecular flexibility index (Phi) is 7.86. The fourth-order valence-corrected chi connectivity index (χ4v) is 10.4. The van der Waals surface area contributed by atoms with Gasteiger partial charge in [0.2, 0.25) is 0 Å². The predicted molar refractivity (Wildman–Crippen MR) is 231 cm³/mol. The number of hydrogen-bond donors (Lipinski definition) is 0. The van der Waals surface area contributed by atoms with Gasteiger partial charge >= 0.3 is 0 Å². The molecule has 2 spiro atoms. The molecule has 0 nitrogen and oxygen atoms in total. The molecular weight excluding hydrogens is 661 g/mol. The van der Waals surface area contributed by atoms with Gasteiger partial charge < -0.3 is 0 Å². The molecule has 0 saturated carbocycles. The van der Waals surface area contributed by atoms with Gasteiger partial charge in [-0.3, -0.25) is 0 Å². The van der Waals surface area contributed by atoms with Gasteiger partial charge in [-0.05, 0) is 101 Å². The van der Waals surface area contributed by atoms with Gasteiger partial charge in [-0.2, -0.15) is 0 Å². The molecule has 4 aliphatic carbocycles. The second kappa shape index (κ2) is 13.0. The molecule has 0 N–H and O–H groups in total. The summed E-state index contributed by atoms with van der Waals surface area (Å²) in [7, 11) is 0. The highest BCUT2D eigenvalue weighted by molar-refractivity contribution is 5.96. The SMILES string of the molecule is CCC.CCc1ccc2c(c1)C1(c3ccccc3-c3ccccc31)c1ccccc1-2.c1ccc2c(c1)-c1ccccc1C21c2ccccc2-c2ccccc21. The quantitative estimate of drug-likeness (QED) is 0.160. The van der Waals surface area contributed by atoms with Crippen molar-refractivity contribution in [3.05, 3.63) is 238 Å². The van der Waals surface area contributed by atoms with E-state index >= 15 is 0 Å². The van der Waals surface area contributed by atoms with Gasteiger partial charge in [-0.1, -0.05) is 215 Å². The molecule has 0 amide bonds. The second-order valence-electron chi connectivity index (χ2n) is 15.3. The van der Waals surface area contributed by atoms with Crippen LogP contribution in [0.1, 0.15) is 77.3 Å². The van der Waals surface area contributed by atoms with E-state index in [2.05, 4.69) is 209 Å². The number of benzene rings is 8. The Hall–Kier alpha value is -6.24. The molecule has 0 aromatic heterocycles. The van der Waals surface area contributed by atoms with E-state index in [9.17, 15) is 0 Å². The van der Waals surface area contributed by atoms with Crippen molar-refractivity contribution < 1.29 is 0 Å². The van der Waals surface area contributed by atoms with Gasteiger partial charge in [0.15, 0.2) is 0 Å². The third kappa shape index (κ3) is 4.46. The lowest BCUT2D eigenvalue weighted by Gasteiger charge is -2.30. The van der Waals surface area contributed by atoms with Crippen molar-refractivity contribution in [3.63, 3.8) is 0 Å². The molecule has 0 atom stereocenters. The summed E-state index contributed by atoms with van der Waals surface area (Å²) in [5, 5.41) is 0. The Morgan fingerprint density at radius 3 is 0.745 bits per heavy atom. The lowest BCUT2D eigenvalue weighted by Crippen LogP contribution is -2.25.